The first-order chi connectivity index (χ1) is 20.2. The van der Waals surface area contributed by atoms with Gasteiger partial charge in [-0.1, -0.05) is 54.6 Å². The molecule has 4 rings (SSSR count). The van der Waals surface area contributed by atoms with E-state index in [2.05, 4.69) is 57.1 Å². The third-order valence-corrected chi connectivity index (χ3v) is 7.72. The molecule has 1 aliphatic rings. The predicted molar refractivity (Wildman–Crippen MR) is 162 cm³/mol. The number of nitrogens with zero attached hydrogens (tertiary/aromatic N) is 1. The van der Waals surface area contributed by atoms with Crippen molar-refractivity contribution in [2.45, 2.75) is 44.6 Å². The number of rotatable bonds is 9. The van der Waals surface area contributed by atoms with Crippen LogP contribution in [0.2, 0.25) is 0 Å². The fourth-order valence-corrected chi connectivity index (χ4v) is 5.29. The maximum atomic E-state index is 13.8. The number of amides is 3. The van der Waals surface area contributed by atoms with Crippen molar-refractivity contribution < 1.29 is 23.9 Å². The van der Waals surface area contributed by atoms with Gasteiger partial charge >= 0.3 is 5.97 Å². The van der Waals surface area contributed by atoms with Crippen LogP contribution >= 0.6 is 0 Å². The first kappa shape index (κ1) is 30.5. The Labute approximate surface area is 246 Å². The molecule has 1 heterocycles. The Morgan fingerprint density at radius 3 is 2.48 bits per heavy atom. The van der Waals surface area contributed by atoms with Gasteiger partial charge in [-0.3, -0.25) is 25.2 Å². The topological polar surface area (TPSA) is 117 Å². The second kappa shape index (κ2) is 14.4. The van der Waals surface area contributed by atoms with E-state index in [0.717, 1.165) is 65.5 Å². The third-order valence-electron chi connectivity index (χ3n) is 7.72. The monoisotopic (exact) mass is 570 g/mol. The molecule has 1 aliphatic heterocycles. The number of esters is 1. The van der Waals surface area contributed by atoms with Crippen LogP contribution in [0.5, 0.6) is 0 Å². The zero-order valence-corrected chi connectivity index (χ0v) is 24.3. The van der Waals surface area contributed by atoms with Crippen LogP contribution < -0.4 is 16.2 Å². The van der Waals surface area contributed by atoms with Gasteiger partial charge in [0.2, 0.25) is 5.91 Å². The first-order valence-corrected chi connectivity index (χ1v) is 14.2. The number of ether oxygens (including phenoxy) is 1. The number of piperidine rings is 1. The molecule has 1 atom stereocenters. The molecule has 3 aromatic carbocycles. The highest BCUT2D eigenvalue weighted by molar-refractivity contribution is 5.97. The summed E-state index contributed by atoms with van der Waals surface area (Å²) in [6.07, 6.45) is 4.32. The largest absolute Gasteiger partial charge is 0.466 e. The third kappa shape index (κ3) is 8.04. The second-order valence-electron chi connectivity index (χ2n) is 10.7. The number of hydrogen-bond acceptors (Lipinski definition) is 6. The number of hydrogen-bond donors (Lipinski definition) is 3. The molecule has 3 N–H and O–H groups in total. The molecule has 9 heteroatoms. The van der Waals surface area contributed by atoms with E-state index in [-0.39, 0.29) is 18.4 Å². The predicted octanol–water partition coefficient (Wildman–Crippen LogP) is 3.95. The van der Waals surface area contributed by atoms with Crippen molar-refractivity contribution in [3.8, 4) is 0 Å². The molecule has 3 amide bonds. The molecule has 0 unspecified atom stereocenters. The van der Waals surface area contributed by atoms with Gasteiger partial charge in [0.05, 0.1) is 13.2 Å². The summed E-state index contributed by atoms with van der Waals surface area (Å²) in [7, 11) is 3.32. The molecule has 0 bridgehead atoms. The summed E-state index contributed by atoms with van der Waals surface area (Å²) in [5.41, 5.74) is 8.03. The Balaban J connectivity index is 1.49. The summed E-state index contributed by atoms with van der Waals surface area (Å²) in [6.45, 7) is 3.99. The number of likely N-dealkylation sites (tertiary alicyclic amines) is 1. The molecule has 0 aliphatic carbocycles. The molecular weight excluding hydrogens is 532 g/mol. The summed E-state index contributed by atoms with van der Waals surface area (Å²) in [5, 5.41) is 5.39. The van der Waals surface area contributed by atoms with Gasteiger partial charge in [0.25, 0.3) is 11.8 Å². The molecule has 3 aromatic rings. The Hall–Kier alpha value is -4.50. The fraction of sp³-hybridized carbons (Fsp3) is 0.333. The summed E-state index contributed by atoms with van der Waals surface area (Å²) in [4.78, 5) is 51.5. The second-order valence-corrected chi connectivity index (χ2v) is 10.7. The smallest absolute Gasteiger partial charge is 0.330 e. The van der Waals surface area contributed by atoms with E-state index < -0.39 is 17.8 Å². The SMILES string of the molecule is COC(=O)/C=C/C(=O)NNC(=O)CCc1ccc(C2CCN(C)CC2)cc1C(=O)N[C@H](C)c1cccc2ccccc12. The van der Waals surface area contributed by atoms with Gasteiger partial charge in [-0.25, -0.2) is 4.79 Å². The standard InChI is InChI=1S/C33H38N4O5/c1-22(27-10-6-8-24-7-4-5-9-28(24)27)34-33(41)29-21-26(23-17-19-37(2)20-18-23)12-11-25(29)13-14-30(38)35-36-31(39)15-16-32(40)42-3/h4-12,15-16,21-23H,13-14,17-20H2,1-3H3,(H,34,41)(H,35,38)(H,36,39)/b16-15+/t22-/m1/s1. The van der Waals surface area contributed by atoms with E-state index in [1.165, 1.54) is 7.11 Å². The zero-order chi connectivity index (χ0) is 30.1. The highest BCUT2D eigenvalue weighted by atomic mass is 16.5. The van der Waals surface area contributed by atoms with E-state index in [1.807, 2.05) is 43.3 Å². The Morgan fingerprint density at radius 1 is 0.976 bits per heavy atom. The van der Waals surface area contributed by atoms with Crippen molar-refractivity contribution >= 4 is 34.5 Å². The maximum absolute atomic E-state index is 13.8. The van der Waals surface area contributed by atoms with E-state index >= 15 is 0 Å². The summed E-state index contributed by atoms with van der Waals surface area (Å²) in [5.74, 6) is -1.60. The van der Waals surface area contributed by atoms with Crippen LogP contribution in [0, 0.1) is 0 Å². The first-order valence-electron chi connectivity index (χ1n) is 14.2. The average Bonchev–Trinajstić information content (AvgIpc) is 3.01. The molecule has 0 spiro atoms. The van der Waals surface area contributed by atoms with Crippen molar-refractivity contribution in [2.75, 3.05) is 27.2 Å². The minimum absolute atomic E-state index is 0.0493. The molecule has 220 valence electrons. The van der Waals surface area contributed by atoms with E-state index in [1.54, 1.807) is 0 Å². The number of hydrazine groups is 1. The molecule has 9 nitrogen and oxygen atoms in total. The van der Waals surface area contributed by atoms with E-state index in [0.29, 0.717) is 17.9 Å². The number of carbonyl (C=O) groups excluding carboxylic acids is 4. The van der Waals surface area contributed by atoms with Crippen LogP contribution in [0.25, 0.3) is 10.8 Å². The molecule has 0 radical (unpaired) electrons. The molecule has 0 saturated carbocycles. The zero-order valence-electron chi connectivity index (χ0n) is 24.3. The summed E-state index contributed by atoms with van der Waals surface area (Å²) < 4.78 is 4.44. The molecule has 42 heavy (non-hydrogen) atoms. The number of fused-ring (bicyclic) bond motifs is 1. The molecular formula is C33H38N4O5. The van der Waals surface area contributed by atoms with Gasteiger partial charge in [-0.2, -0.15) is 0 Å². The highest BCUT2D eigenvalue weighted by Gasteiger charge is 2.22. The number of carbonyl (C=O) groups is 4. The van der Waals surface area contributed by atoms with Gasteiger partial charge in [-0.05, 0) is 85.8 Å². The minimum Gasteiger partial charge on any atom is -0.466 e. The quantitative estimate of drug-likeness (QED) is 0.204. The summed E-state index contributed by atoms with van der Waals surface area (Å²) in [6, 6.07) is 19.9. The number of methoxy groups -OCH3 is 1. The van der Waals surface area contributed by atoms with Crippen LogP contribution in [-0.4, -0.2) is 55.8 Å². The van der Waals surface area contributed by atoms with Gasteiger partial charge in [-0.15, -0.1) is 0 Å². The number of nitrogens with one attached hydrogen (secondary N) is 3. The van der Waals surface area contributed by atoms with Gasteiger partial charge in [0.15, 0.2) is 0 Å². The maximum Gasteiger partial charge on any atom is 0.330 e. The molecule has 1 saturated heterocycles. The fourth-order valence-electron chi connectivity index (χ4n) is 5.29. The van der Waals surface area contributed by atoms with Crippen LogP contribution in [0.3, 0.4) is 0 Å². The Kier molecular flexibility index (Phi) is 10.4. The van der Waals surface area contributed by atoms with E-state index in [4.69, 9.17) is 0 Å². The van der Waals surface area contributed by atoms with Crippen molar-refractivity contribution in [2.24, 2.45) is 0 Å². The van der Waals surface area contributed by atoms with Crippen LogP contribution in [0.1, 0.15) is 65.2 Å². The number of aryl methyl sites for hydroxylation is 1. The lowest BCUT2D eigenvalue weighted by atomic mass is 9.87. The highest BCUT2D eigenvalue weighted by Crippen LogP contribution is 2.30. The Morgan fingerprint density at radius 2 is 1.71 bits per heavy atom. The minimum atomic E-state index is -0.680. The van der Waals surface area contributed by atoms with Crippen molar-refractivity contribution in [1.82, 2.24) is 21.1 Å². The number of benzene rings is 3. The normalized spacial score (nSPS) is 14.8. The Bertz CT molecular complexity index is 1470. The van der Waals surface area contributed by atoms with Gasteiger partial charge < -0.3 is 15.0 Å². The lowest BCUT2D eigenvalue weighted by Gasteiger charge is -2.29. The van der Waals surface area contributed by atoms with Gasteiger partial charge in [0.1, 0.15) is 0 Å². The lowest BCUT2D eigenvalue weighted by Crippen LogP contribution is -2.41. The van der Waals surface area contributed by atoms with Crippen molar-refractivity contribution in [3.05, 3.63) is 95.1 Å². The van der Waals surface area contributed by atoms with Crippen LogP contribution in [-0.2, 0) is 25.5 Å². The van der Waals surface area contributed by atoms with Gasteiger partial charge in [0, 0.05) is 24.1 Å². The summed E-state index contributed by atoms with van der Waals surface area (Å²) >= 11 is 0. The average molecular weight is 571 g/mol. The van der Waals surface area contributed by atoms with Crippen molar-refractivity contribution in [3.63, 3.8) is 0 Å². The lowest BCUT2D eigenvalue weighted by molar-refractivity contribution is -0.135. The van der Waals surface area contributed by atoms with E-state index in [9.17, 15) is 19.2 Å². The van der Waals surface area contributed by atoms with Crippen LogP contribution in [0.4, 0.5) is 0 Å². The molecule has 0 aromatic heterocycles. The van der Waals surface area contributed by atoms with Crippen molar-refractivity contribution in [1.29, 1.82) is 0 Å². The van der Waals surface area contributed by atoms with Crippen LogP contribution in [0.15, 0.2) is 72.8 Å². The molecule has 1 fully saturated rings.